The van der Waals surface area contributed by atoms with Crippen molar-refractivity contribution in [1.29, 1.82) is 0 Å². The molecule has 125 valence electrons. The molecule has 0 atom stereocenters. The van der Waals surface area contributed by atoms with Crippen LogP contribution in [0.4, 0.5) is 11.4 Å². The summed E-state index contributed by atoms with van der Waals surface area (Å²) in [6.07, 6.45) is 1.89. The molecule has 2 nitrogen and oxygen atoms in total. The van der Waals surface area contributed by atoms with E-state index < -0.39 is 12.8 Å². The standard InChI is InChI=1S/C16H17N2.4ClH.Nb/c1-12-9-13(2)16(17-3)14(10-12)11-18-15-7-5-4-6-8-15;;;;;/h4-11H,1-3H3;4*1H;/q-1;;;;;+4/p-4. The molecule has 0 fully saturated rings. The number of benzene rings is 2. The number of halogens is 4. The molecular weight excluding hydrogens is 455 g/mol. The van der Waals surface area contributed by atoms with Gasteiger partial charge in [-0.3, -0.25) is 4.99 Å². The molecular formula is C16H17Cl4N2Nb-. The summed E-state index contributed by atoms with van der Waals surface area (Å²) < 4.78 is 0. The molecule has 23 heavy (non-hydrogen) atoms. The first-order valence-corrected chi connectivity index (χ1v) is 18.0. The molecule has 0 aliphatic heterocycles. The normalized spacial score (nSPS) is 11.1. The van der Waals surface area contributed by atoms with Crippen molar-refractivity contribution in [2.45, 2.75) is 13.8 Å². The fraction of sp³-hybridized carbons (Fsp3) is 0.188. The van der Waals surface area contributed by atoms with Crippen molar-refractivity contribution < 1.29 is 12.8 Å². The molecule has 0 aliphatic carbocycles. The zero-order chi connectivity index (χ0) is 17.5. The van der Waals surface area contributed by atoms with Gasteiger partial charge in [-0.2, -0.15) is 0 Å². The van der Waals surface area contributed by atoms with Gasteiger partial charge in [0.25, 0.3) is 0 Å². The summed E-state index contributed by atoms with van der Waals surface area (Å²) in [6, 6.07) is 14.2. The van der Waals surface area contributed by atoms with Gasteiger partial charge in [0.1, 0.15) is 0 Å². The molecule has 0 amide bonds. The van der Waals surface area contributed by atoms with Gasteiger partial charge in [-0.25, -0.2) is 0 Å². The maximum atomic E-state index is 5.03. The third kappa shape index (κ3) is 9.02. The van der Waals surface area contributed by atoms with Crippen molar-refractivity contribution in [2.75, 3.05) is 7.05 Å². The SMILES string of the molecule is C[N-]c1c(C)cc(C)cc1C=Nc1ccccc1.[Cl][Nb]([Cl])([Cl])[Cl]. The summed E-state index contributed by atoms with van der Waals surface area (Å²) in [5, 5.41) is 4.33. The van der Waals surface area contributed by atoms with Gasteiger partial charge in [-0.05, 0) is 31.5 Å². The first kappa shape index (κ1) is 20.9. The van der Waals surface area contributed by atoms with Crippen molar-refractivity contribution >= 4 is 54.3 Å². The van der Waals surface area contributed by atoms with Crippen LogP contribution in [0.1, 0.15) is 16.7 Å². The molecule has 0 aromatic heterocycles. The Hall–Kier alpha value is -0.190. The van der Waals surface area contributed by atoms with Crippen LogP contribution in [-0.2, 0) is 12.8 Å². The van der Waals surface area contributed by atoms with Gasteiger partial charge in [-0.15, -0.1) is 12.7 Å². The second-order valence-electron chi connectivity index (χ2n) is 4.72. The predicted molar refractivity (Wildman–Crippen MR) is 102 cm³/mol. The molecule has 2 aromatic rings. The van der Waals surface area contributed by atoms with E-state index in [9.17, 15) is 0 Å². The van der Waals surface area contributed by atoms with Gasteiger partial charge in [-0.1, -0.05) is 41.5 Å². The van der Waals surface area contributed by atoms with Crippen LogP contribution in [0.3, 0.4) is 0 Å². The first-order chi connectivity index (χ1) is 10.7. The molecule has 0 heterocycles. The van der Waals surface area contributed by atoms with Crippen molar-refractivity contribution in [2.24, 2.45) is 4.99 Å². The Labute approximate surface area is 156 Å². The van der Waals surface area contributed by atoms with E-state index in [-0.39, 0.29) is 0 Å². The number of para-hydroxylation sites is 1. The molecule has 2 aromatic carbocycles. The zero-order valence-corrected chi connectivity index (χ0v) is 18.2. The van der Waals surface area contributed by atoms with Crippen LogP contribution in [-0.4, -0.2) is 13.3 Å². The molecule has 0 aliphatic rings. The van der Waals surface area contributed by atoms with Crippen LogP contribution in [0, 0.1) is 13.8 Å². The summed E-state index contributed by atoms with van der Waals surface area (Å²) in [4.78, 5) is 4.48. The Morgan fingerprint density at radius 1 is 1.00 bits per heavy atom. The Balaban J connectivity index is 0.000000463. The van der Waals surface area contributed by atoms with E-state index in [1.165, 1.54) is 11.1 Å². The third-order valence-corrected chi connectivity index (χ3v) is 2.81. The average molecular weight is 472 g/mol. The quantitative estimate of drug-likeness (QED) is 0.328. The van der Waals surface area contributed by atoms with Crippen LogP contribution in [0.5, 0.6) is 0 Å². The number of aliphatic imine (C=N–C) groups is 1. The van der Waals surface area contributed by atoms with Crippen LogP contribution in [0.2, 0.25) is 0 Å². The number of aryl methyl sites for hydroxylation is 2. The summed E-state index contributed by atoms with van der Waals surface area (Å²) in [6.45, 7) is 4.17. The van der Waals surface area contributed by atoms with Gasteiger partial charge in [0, 0.05) is 6.21 Å². The minimum absolute atomic E-state index is 0.957. The van der Waals surface area contributed by atoms with Gasteiger partial charge < -0.3 is 5.32 Å². The fourth-order valence-electron chi connectivity index (χ4n) is 2.05. The van der Waals surface area contributed by atoms with Crippen LogP contribution >= 0.6 is 36.8 Å². The molecule has 0 unspecified atom stereocenters. The van der Waals surface area contributed by atoms with Gasteiger partial charge >= 0.3 is 49.6 Å². The molecule has 2 rings (SSSR count). The van der Waals surface area contributed by atoms with Crippen molar-refractivity contribution in [3.63, 3.8) is 0 Å². The van der Waals surface area contributed by atoms with Gasteiger partial charge in [0.05, 0.1) is 5.69 Å². The number of hydrogen-bond acceptors (Lipinski definition) is 1. The van der Waals surface area contributed by atoms with Crippen LogP contribution in [0.25, 0.3) is 5.32 Å². The van der Waals surface area contributed by atoms with E-state index >= 15 is 0 Å². The summed E-state index contributed by atoms with van der Waals surface area (Å²) in [7, 11) is 21.9. The Kier molecular flexibility index (Phi) is 9.02. The van der Waals surface area contributed by atoms with Crippen LogP contribution in [0.15, 0.2) is 47.5 Å². The van der Waals surface area contributed by atoms with E-state index in [0.29, 0.717) is 0 Å². The third-order valence-electron chi connectivity index (χ3n) is 2.81. The molecule has 0 saturated heterocycles. The maximum absolute atomic E-state index is 5.03. The first-order valence-electron chi connectivity index (χ1n) is 6.68. The van der Waals surface area contributed by atoms with E-state index in [4.69, 9.17) is 36.8 Å². The van der Waals surface area contributed by atoms with E-state index in [0.717, 1.165) is 16.9 Å². The molecule has 0 saturated carbocycles. The Bertz CT molecular complexity index is 649. The topological polar surface area (TPSA) is 26.5 Å². The monoisotopic (exact) mass is 470 g/mol. The second-order valence-corrected chi connectivity index (χ2v) is 24.7. The van der Waals surface area contributed by atoms with Crippen molar-refractivity contribution in [3.05, 3.63) is 64.5 Å². The van der Waals surface area contributed by atoms with Crippen molar-refractivity contribution in [1.82, 2.24) is 0 Å². The van der Waals surface area contributed by atoms with Crippen molar-refractivity contribution in [3.8, 4) is 0 Å². The Morgan fingerprint density at radius 3 is 2.09 bits per heavy atom. The molecule has 0 spiro atoms. The van der Waals surface area contributed by atoms with E-state index in [1.807, 2.05) is 43.6 Å². The predicted octanol–water partition coefficient (Wildman–Crippen LogP) is 7.44. The number of nitrogens with zero attached hydrogens (tertiary/aromatic N) is 2. The summed E-state index contributed by atoms with van der Waals surface area (Å²) >= 11 is -3.21. The molecule has 7 heteroatoms. The number of rotatable bonds is 3. The second kappa shape index (κ2) is 9.95. The van der Waals surface area contributed by atoms with E-state index in [1.54, 1.807) is 0 Å². The Morgan fingerprint density at radius 2 is 1.57 bits per heavy atom. The number of hydrogen-bond donors (Lipinski definition) is 0. The summed E-state index contributed by atoms with van der Waals surface area (Å²) in [5.41, 5.74) is 5.46. The molecule has 0 radical (unpaired) electrons. The van der Waals surface area contributed by atoms with Crippen LogP contribution < -0.4 is 0 Å². The van der Waals surface area contributed by atoms with Gasteiger partial charge in [0.2, 0.25) is 0 Å². The van der Waals surface area contributed by atoms with Gasteiger partial charge in [0.15, 0.2) is 0 Å². The average Bonchev–Trinajstić information content (AvgIpc) is 2.44. The summed E-state index contributed by atoms with van der Waals surface area (Å²) in [5.74, 6) is 0. The molecule has 0 N–H and O–H groups in total. The minimum atomic E-state index is -3.21. The zero-order valence-electron chi connectivity index (χ0n) is 13.0. The molecule has 0 bridgehead atoms. The fourth-order valence-corrected chi connectivity index (χ4v) is 2.05. The van der Waals surface area contributed by atoms with E-state index in [2.05, 4.69) is 36.3 Å².